The number of nitrogens with zero attached hydrogens (tertiary/aromatic N) is 3. The van der Waals surface area contributed by atoms with Crippen LogP contribution in [0, 0.1) is 13.8 Å². The lowest BCUT2D eigenvalue weighted by atomic mass is 10.1. The second kappa shape index (κ2) is 5.44. The Morgan fingerprint density at radius 3 is 2.92 bits per heavy atom. The third-order valence-corrected chi connectivity index (χ3v) is 4.88. The summed E-state index contributed by atoms with van der Waals surface area (Å²) in [5.41, 5.74) is 5.97. The van der Waals surface area contributed by atoms with Crippen molar-refractivity contribution >= 4 is 16.8 Å². The highest BCUT2D eigenvalue weighted by atomic mass is 16.2. The number of aromatic nitrogens is 3. The van der Waals surface area contributed by atoms with Crippen molar-refractivity contribution in [2.75, 3.05) is 0 Å². The first kappa shape index (κ1) is 14.9. The number of aromatic amines is 1. The number of para-hydroxylation sites is 1. The van der Waals surface area contributed by atoms with E-state index in [2.05, 4.69) is 27.9 Å². The molecule has 0 fully saturated rings. The summed E-state index contributed by atoms with van der Waals surface area (Å²) >= 11 is 0. The molecule has 0 spiro atoms. The van der Waals surface area contributed by atoms with Crippen LogP contribution in [0.25, 0.3) is 10.9 Å². The summed E-state index contributed by atoms with van der Waals surface area (Å²) in [5.74, 6) is 0.874. The van der Waals surface area contributed by atoms with Crippen LogP contribution in [-0.2, 0) is 19.5 Å². The van der Waals surface area contributed by atoms with Crippen molar-refractivity contribution in [2.24, 2.45) is 0 Å². The quantitative estimate of drug-likeness (QED) is 0.788. The lowest BCUT2D eigenvalue weighted by molar-refractivity contribution is 0.0752. The van der Waals surface area contributed by atoms with Gasteiger partial charge in [0.25, 0.3) is 5.91 Å². The summed E-state index contributed by atoms with van der Waals surface area (Å²) in [5, 5.41) is 1.11. The van der Waals surface area contributed by atoms with E-state index in [0.29, 0.717) is 13.1 Å². The average Bonchev–Trinajstić information content (AvgIpc) is 3.15. The van der Waals surface area contributed by atoms with Gasteiger partial charge in [0.2, 0.25) is 0 Å². The molecule has 24 heavy (non-hydrogen) atoms. The van der Waals surface area contributed by atoms with E-state index in [0.717, 1.165) is 45.7 Å². The number of amides is 1. The Hall–Kier alpha value is -2.69. The van der Waals surface area contributed by atoms with Crippen molar-refractivity contribution in [2.45, 2.75) is 40.3 Å². The molecule has 0 saturated carbocycles. The Balaban J connectivity index is 1.69. The zero-order valence-electron chi connectivity index (χ0n) is 14.2. The first-order chi connectivity index (χ1) is 11.6. The van der Waals surface area contributed by atoms with Gasteiger partial charge in [0, 0.05) is 35.8 Å². The second-order valence-electron chi connectivity index (χ2n) is 6.38. The smallest absolute Gasteiger partial charge is 0.256 e. The number of carbonyl (C=O) groups excluding carboxylic acids is 1. The van der Waals surface area contributed by atoms with Crippen molar-refractivity contribution in [3.8, 4) is 0 Å². The summed E-state index contributed by atoms with van der Waals surface area (Å²) in [4.78, 5) is 27.2. The van der Waals surface area contributed by atoms with Gasteiger partial charge >= 0.3 is 0 Å². The van der Waals surface area contributed by atoms with E-state index < -0.39 is 0 Å². The SMILES string of the molecule is CCc1ncc2c(n1)CN(C(=O)c1cccc3c(C)c(C)[nH]c13)C2. The van der Waals surface area contributed by atoms with E-state index in [1.165, 1.54) is 5.56 Å². The van der Waals surface area contributed by atoms with Gasteiger partial charge in [-0.3, -0.25) is 4.79 Å². The number of benzene rings is 1. The molecule has 5 heteroatoms. The highest BCUT2D eigenvalue weighted by Crippen LogP contribution is 2.28. The molecule has 0 bridgehead atoms. The normalized spacial score (nSPS) is 13.5. The number of nitrogens with one attached hydrogen (secondary N) is 1. The maximum atomic E-state index is 13.1. The van der Waals surface area contributed by atoms with E-state index in [1.807, 2.05) is 37.1 Å². The van der Waals surface area contributed by atoms with Gasteiger partial charge in [0.15, 0.2) is 0 Å². The fourth-order valence-electron chi connectivity index (χ4n) is 3.34. The van der Waals surface area contributed by atoms with Crippen LogP contribution < -0.4 is 0 Å². The molecule has 5 nitrogen and oxygen atoms in total. The number of carbonyl (C=O) groups is 1. The molecule has 0 aliphatic carbocycles. The topological polar surface area (TPSA) is 61.9 Å². The standard InChI is InChI=1S/C19H20N4O/c1-4-17-20-8-13-9-23(10-16(13)22-17)19(24)15-7-5-6-14-11(2)12(3)21-18(14)15/h5-8,21H,4,9-10H2,1-3H3. The minimum atomic E-state index is 0.0397. The van der Waals surface area contributed by atoms with Gasteiger partial charge in [-0.15, -0.1) is 0 Å². The molecule has 0 radical (unpaired) electrons. The Kier molecular flexibility index (Phi) is 3.37. The monoisotopic (exact) mass is 320 g/mol. The first-order valence-electron chi connectivity index (χ1n) is 8.29. The van der Waals surface area contributed by atoms with E-state index in [9.17, 15) is 4.79 Å². The van der Waals surface area contributed by atoms with Crippen molar-refractivity contribution in [1.29, 1.82) is 0 Å². The molecule has 0 unspecified atom stereocenters. The summed E-state index contributed by atoms with van der Waals surface area (Å²) < 4.78 is 0. The number of hydrogen-bond acceptors (Lipinski definition) is 3. The molecule has 122 valence electrons. The largest absolute Gasteiger partial charge is 0.358 e. The zero-order chi connectivity index (χ0) is 16.8. The summed E-state index contributed by atoms with van der Waals surface area (Å²) in [7, 11) is 0. The minimum absolute atomic E-state index is 0.0397. The molecular weight excluding hydrogens is 300 g/mol. The minimum Gasteiger partial charge on any atom is -0.358 e. The van der Waals surface area contributed by atoms with E-state index >= 15 is 0 Å². The lowest BCUT2D eigenvalue weighted by Crippen LogP contribution is -2.25. The number of H-pyrrole nitrogens is 1. The van der Waals surface area contributed by atoms with Crippen LogP contribution in [0.5, 0.6) is 0 Å². The summed E-state index contributed by atoms with van der Waals surface area (Å²) in [6.07, 6.45) is 2.67. The molecule has 3 aromatic rings. The van der Waals surface area contributed by atoms with E-state index in [1.54, 1.807) is 0 Å². The van der Waals surface area contributed by atoms with Crippen LogP contribution in [0.3, 0.4) is 0 Å². The predicted octanol–water partition coefficient (Wildman–Crippen LogP) is 3.29. The van der Waals surface area contributed by atoms with Crippen molar-refractivity contribution < 1.29 is 4.79 Å². The second-order valence-corrected chi connectivity index (χ2v) is 6.38. The molecule has 2 aromatic heterocycles. The molecule has 1 aliphatic rings. The fourth-order valence-corrected chi connectivity index (χ4v) is 3.34. The van der Waals surface area contributed by atoms with Gasteiger partial charge in [-0.25, -0.2) is 9.97 Å². The lowest BCUT2D eigenvalue weighted by Gasteiger charge is -2.15. The fraction of sp³-hybridized carbons (Fsp3) is 0.316. The van der Waals surface area contributed by atoms with Crippen LogP contribution in [-0.4, -0.2) is 25.8 Å². The van der Waals surface area contributed by atoms with Gasteiger partial charge in [-0.05, 0) is 25.5 Å². The third kappa shape index (κ3) is 2.19. The Morgan fingerprint density at radius 2 is 2.12 bits per heavy atom. The maximum absolute atomic E-state index is 13.1. The molecule has 4 rings (SSSR count). The van der Waals surface area contributed by atoms with Crippen molar-refractivity contribution in [3.63, 3.8) is 0 Å². The predicted molar refractivity (Wildman–Crippen MR) is 92.8 cm³/mol. The number of hydrogen-bond donors (Lipinski definition) is 1. The Labute approximate surface area is 140 Å². The van der Waals surface area contributed by atoms with Crippen LogP contribution in [0.2, 0.25) is 0 Å². The maximum Gasteiger partial charge on any atom is 0.256 e. The van der Waals surface area contributed by atoms with Crippen LogP contribution >= 0.6 is 0 Å². The summed E-state index contributed by atoms with van der Waals surface area (Å²) in [6.45, 7) is 7.29. The first-order valence-corrected chi connectivity index (χ1v) is 8.29. The molecule has 1 aromatic carbocycles. The molecular formula is C19H20N4O. The van der Waals surface area contributed by atoms with Gasteiger partial charge in [0.05, 0.1) is 23.3 Å². The molecule has 0 atom stereocenters. The molecule has 1 amide bonds. The Bertz CT molecular complexity index is 957. The van der Waals surface area contributed by atoms with Crippen molar-refractivity contribution in [1.82, 2.24) is 19.9 Å². The van der Waals surface area contributed by atoms with Gasteiger partial charge in [-0.1, -0.05) is 19.1 Å². The van der Waals surface area contributed by atoms with Crippen molar-refractivity contribution in [3.05, 3.63) is 58.3 Å². The molecule has 1 N–H and O–H groups in total. The third-order valence-electron chi connectivity index (χ3n) is 4.88. The zero-order valence-corrected chi connectivity index (χ0v) is 14.2. The highest BCUT2D eigenvalue weighted by Gasteiger charge is 2.27. The van der Waals surface area contributed by atoms with E-state index in [4.69, 9.17) is 0 Å². The Morgan fingerprint density at radius 1 is 1.29 bits per heavy atom. The molecule has 3 heterocycles. The van der Waals surface area contributed by atoms with Crippen LogP contribution in [0.1, 0.15) is 45.6 Å². The van der Waals surface area contributed by atoms with Gasteiger partial charge in [-0.2, -0.15) is 0 Å². The van der Waals surface area contributed by atoms with Gasteiger partial charge in [0.1, 0.15) is 5.82 Å². The number of rotatable bonds is 2. The number of aryl methyl sites for hydroxylation is 3. The van der Waals surface area contributed by atoms with Gasteiger partial charge < -0.3 is 9.88 Å². The van der Waals surface area contributed by atoms with Crippen LogP contribution in [0.15, 0.2) is 24.4 Å². The molecule has 0 saturated heterocycles. The summed E-state index contributed by atoms with van der Waals surface area (Å²) in [6, 6.07) is 5.91. The van der Waals surface area contributed by atoms with E-state index in [-0.39, 0.29) is 5.91 Å². The molecule has 1 aliphatic heterocycles. The van der Waals surface area contributed by atoms with Crippen LogP contribution in [0.4, 0.5) is 0 Å². The number of fused-ring (bicyclic) bond motifs is 2. The average molecular weight is 320 g/mol. The highest BCUT2D eigenvalue weighted by molar-refractivity contribution is 6.06.